The van der Waals surface area contributed by atoms with Crippen LogP contribution < -0.4 is 5.32 Å². The number of carbonyl (C=O) groups excluding carboxylic acids is 1. The SMILES string of the molecule is CC(=O)c1c(F)cccc1NC1CC=CC1. The second-order valence-corrected chi connectivity index (χ2v) is 4.00. The molecule has 0 heterocycles. The van der Waals surface area contributed by atoms with E-state index < -0.39 is 5.82 Å². The predicted molar refractivity (Wildman–Crippen MR) is 62.2 cm³/mol. The van der Waals surface area contributed by atoms with Crippen LogP contribution in [0.1, 0.15) is 30.1 Å². The number of rotatable bonds is 3. The third-order valence-electron chi connectivity index (χ3n) is 2.73. The zero-order valence-electron chi connectivity index (χ0n) is 9.16. The van der Waals surface area contributed by atoms with Crippen molar-refractivity contribution in [3.63, 3.8) is 0 Å². The van der Waals surface area contributed by atoms with E-state index in [9.17, 15) is 9.18 Å². The number of nitrogens with one attached hydrogen (secondary N) is 1. The lowest BCUT2D eigenvalue weighted by Crippen LogP contribution is -2.17. The molecule has 0 fully saturated rings. The monoisotopic (exact) mass is 219 g/mol. The highest BCUT2D eigenvalue weighted by Gasteiger charge is 2.16. The highest BCUT2D eigenvalue weighted by molar-refractivity contribution is 5.99. The third kappa shape index (κ3) is 2.13. The van der Waals surface area contributed by atoms with E-state index >= 15 is 0 Å². The molecule has 2 rings (SSSR count). The van der Waals surface area contributed by atoms with Gasteiger partial charge in [0.1, 0.15) is 5.82 Å². The van der Waals surface area contributed by atoms with Crippen molar-refractivity contribution in [1.29, 1.82) is 0 Å². The van der Waals surface area contributed by atoms with Gasteiger partial charge in [-0.25, -0.2) is 4.39 Å². The first kappa shape index (κ1) is 10.9. The first-order valence-electron chi connectivity index (χ1n) is 5.39. The summed E-state index contributed by atoms with van der Waals surface area (Å²) in [5.41, 5.74) is 0.760. The first-order valence-corrected chi connectivity index (χ1v) is 5.39. The van der Waals surface area contributed by atoms with Gasteiger partial charge in [-0.2, -0.15) is 0 Å². The fourth-order valence-corrected chi connectivity index (χ4v) is 1.96. The minimum atomic E-state index is -0.455. The van der Waals surface area contributed by atoms with Crippen LogP contribution in [0.4, 0.5) is 10.1 Å². The Morgan fingerprint density at radius 2 is 2.06 bits per heavy atom. The smallest absolute Gasteiger partial charge is 0.164 e. The lowest BCUT2D eigenvalue weighted by Gasteiger charge is -2.16. The van der Waals surface area contributed by atoms with Gasteiger partial charge in [0, 0.05) is 11.7 Å². The van der Waals surface area contributed by atoms with E-state index in [2.05, 4.69) is 17.5 Å². The molecule has 84 valence electrons. The molecule has 0 atom stereocenters. The Kier molecular flexibility index (Phi) is 3.04. The van der Waals surface area contributed by atoms with Crippen molar-refractivity contribution < 1.29 is 9.18 Å². The second-order valence-electron chi connectivity index (χ2n) is 4.00. The van der Waals surface area contributed by atoms with E-state index in [4.69, 9.17) is 0 Å². The number of ketones is 1. The van der Waals surface area contributed by atoms with Gasteiger partial charge in [0.25, 0.3) is 0 Å². The van der Waals surface area contributed by atoms with E-state index in [1.807, 2.05) is 0 Å². The summed E-state index contributed by atoms with van der Waals surface area (Å²) in [6.07, 6.45) is 6.02. The lowest BCUT2D eigenvalue weighted by atomic mass is 10.1. The van der Waals surface area contributed by atoms with Crippen LogP contribution in [0, 0.1) is 5.82 Å². The Bertz CT molecular complexity index is 432. The van der Waals surface area contributed by atoms with Gasteiger partial charge in [-0.15, -0.1) is 0 Å². The molecule has 0 aromatic heterocycles. The maximum Gasteiger partial charge on any atom is 0.164 e. The van der Waals surface area contributed by atoms with E-state index in [0.29, 0.717) is 5.69 Å². The summed E-state index contributed by atoms with van der Waals surface area (Å²) in [6.45, 7) is 1.39. The van der Waals surface area contributed by atoms with Crippen LogP contribution in [0.25, 0.3) is 0 Å². The van der Waals surface area contributed by atoms with Crippen molar-refractivity contribution in [1.82, 2.24) is 0 Å². The largest absolute Gasteiger partial charge is 0.381 e. The van der Waals surface area contributed by atoms with Gasteiger partial charge in [0.2, 0.25) is 0 Å². The zero-order chi connectivity index (χ0) is 11.5. The molecule has 1 aromatic rings. The summed E-state index contributed by atoms with van der Waals surface area (Å²) in [7, 11) is 0. The minimum absolute atomic E-state index is 0.161. The van der Waals surface area contributed by atoms with Crippen LogP contribution in [0.2, 0.25) is 0 Å². The summed E-state index contributed by atoms with van der Waals surface area (Å²) in [5, 5.41) is 3.21. The molecule has 2 nitrogen and oxygen atoms in total. The maximum absolute atomic E-state index is 13.5. The van der Waals surface area contributed by atoms with E-state index in [1.165, 1.54) is 13.0 Å². The quantitative estimate of drug-likeness (QED) is 0.625. The Hall–Kier alpha value is -1.64. The number of anilines is 1. The Morgan fingerprint density at radius 1 is 1.38 bits per heavy atom. The van der Waals surface area contributed by atoms with Crippen molar-refractivity contribution >= 4 is 11.5 Å². The highest BCUT2D eigenvalue weighted by Crippen LogP contribution is 2.23. The first-order chi connectivity index (χ1) is 7.68. The summed E-state index contributed by atoms with van der Waals surface area (Å²) < 4.78 is 13.5. The normalized spacial score (nSPS) is 15.4. The van der Waals surface area contributed by atoms with Crippen LogP contribution in [0.3, 0.4) is 0 Å². The molecule has 1 aliphatic rings. The molecule has 0 spiro atoms. The van der Waals surface area contributed by atoms with Crippen molar-refractivity contribution in [3.8, 4) is 0 Å². The molecule has 0 unspecified atom stereocenters. The van der Waals surface area contributed by atoms with Crippen molar-refractivity contribution in [2.75, 3.05) is 5.32 Å². The molecule has 0 radical (unpaired) electrons. The Balaban J connectivity index is 2.25. The standard InChI is InChI=1S/C13H14FNO/c1-9(16)13-11(14)7-4-8-12(13)15-10-5-2-3-6-10/h2-4,7-8,10,15H,5-6H2,1H3. The van der Waals surface area contributed by atoms with Gasteiger partial charge in [0.15, 0.2) is 5.78 Å². The Morgan fingerprint density at radius 3 is 2.69 bits per heavy atom. The number of halogens is 1. The molecular weight excluding hydrogens is 205 g/mol. The highest BCUT2D eigenvalue weighted by atomic mass is 19.1. The number of hydrogen-bond acceptors (Lipinski definition) is 2. The van der Waals surface area contributed by atoms with Crippen LogP contribution in [-0.4, -0.2) is 11.8 Å². The molecule has 1 aliphatic carbocycles. The molecule has 1 N–H and O–H groups in total. The molecule has 1 aromatic carbocycles. The molecule has 0 bridgehead atoms. The summed E-state index contributed by atoms with van der Waals surface area (Å²) in [5.74, 6) is -0.699. The third-order valence-corrected chi connectivity index (χ3v) is 2.73. The van der Waals surface area contributed by atoms with Crippen LogP contribution in [0.5, 0.6) is 0 Å². The van der Waals surface area contributed by atoms with Gasteiger partial charge in [-0.3, -0.25) is 4.79 Å². The number of Topliss-reactive ketones (excluding diaryl/α,β-unsaturated/α-hetero) is 1. The predicted octanol–water partition coefficient (Wildman–Crippen LogP) is 3.16. The van der Waals surface area contributed by atoms with Gasteiger partial charge in [0.05, 0.1) is 5.56 Å². The van der Waals surface area contributed by atoms with E-state index in [-0.39, 0.29) is 17.4 Å². The van der Waals surface area contributed by atoms with Crippen LogP contribution >= 0.6 is 0 Å². The van der Waals surface area contributed by atoms with Crippen LogP contribution in [0.15, 0.2) is 30.4 Å². The van der Waals surface area contributed by atoms with Gasteiger partial charge in [-0.05, 0) is 31.9 Å². The second kappa shape index (κ2) is 4.47. The van der Waals surface area contributed by atoms with Crippen molar-refractivity contribution in [2.45, 2.75) is 25.8 Å². The molecule has 3 heteroatoms. The van der Waals surface area contributed by atoms with Crippen LogP contribution in [-0.2, 0) is 0 Å². The van der Waals surface area contributed by atoms with E-state index in [0.717, 1.165) is 12.8 Å². The minimum Gasteiger partial charge on any atom is -0.381 e. The molecule has 16 heavy (non-hydrogen) atoms. The van der Waals surface area contributed by atoms with Crippen molar-refractivity contribution in [2.24, 2.45) is 0 Å². The van der Waals surface area contributed by atoms with Crippen molar-refractivity contribution in [3.05, 3.63) is 41.7 Å². The molecule has 0 saturated heterocycles. The number of benzene rings is 1. The van der Waals surface area contributed by atoms with Gasteiger partial charge < -0.3 is 5.32 Å². The average molecular weight is 219 g/mol. The zero-order valence-corrected chi connectivity index (χ0v) is 9.16. The molecular formula is C13H14FNO. The maximum atomic E-state index is 13.5. The molecule has 0 saturated carbocycles. The summed E-state index contributed by atoms with van der Waals surface area (Å²) >= 11 is 0. The van der Waals surface area contributed by atoms with Gasteiger partial charge >= 0.3 is 0 Å². The lowest BCUT2D eigenvalue weighted by molar-refractivity contribution is 0.101. The topological polar surface area (TPSA) is 29.1 Å². The summed E-state index contributed by atoms with van der Waals surface area (Å²) in [4.78, 5) is 11.4. The molecule has 0 aliphatic heterocycles. The number of hydrogen-bond donors (Lipinski definition) is 1. The number of carbonyl (C=O) groups is 1. The average Bonchev–Trinajstić information content (AvgIpc) is 2.70. The van der Waals surface area contributed by atoms with E-state index in [1.54, 1.807) is 12.1 Å². The Labute approximate surface area is 94.2 Å². The fourth-order valence-electron chi connectivity index (χ4n) is 1.96. The molecule has 0 amide bonds. The fraction of sp³-hybridized carbons (Fsp3) is 0.308. The van der Waals surface area contributed by atoms with Gasteiger partial charge in [-0.1, -0.05) is 18.2 Å². The summed E-state index contributed by atoms with van der Waals surface area (Å²) in [6, 6.07) is 4.96.